The highest BCUT2D eigenvalue weighted by molar-refractivity contribution is 6.32. The number of anilines is 1. The summed E-state index contributed by atoms with van der Waals surface area (Å²) in [5.41, 5.74) is 1.86. The van der Waals surface area contributed by atoms with Gasteiger partial charge in [0.2, 0.25) is 0 Å². The summed E-state index contributed by atoms with van der Waals surface area (Å²) in [5, 5.41) is 9.49. The molecule has 1 aliphatic heterocycles. The van der Waals surface area contributed by atoms with E-state index in [9.17, 15) is 4.39 Å². The zero-order valence-electron chi connectivity index (χ0n) is 14.7. The van der Waals surface area contributed by atoms with E-state index < -0.39 is 5.83 Å². The average molecular weight is 360 g/mol. The Bertz CT molecular complexity index is 733. The summed E-state index contributed by atoms with van der Waals surface area (Å²) in [6.07, 6.45) is 6.41. The van der Waals surface area contributed by atoms with Gasteiger partial charge in [0.25, 0.3) is 0 Å². The number of likely N-dealkylation sites (N-methyl/N-ethyl adjacent to an activating group) is 1. The summed E-state index contributed by atoms with van der Waals surface area (Å²) in [7, 11) is 2.08. The molecule has 132 valence electrons. The van der Waals surface area contributed by atoms with Crippen molar-refractivity contribution in [2.45, 2.75) is 19.4 Å². The van der Waals surface area contributed by atoms with Gasteiger partial charge in [-0.1, -0.05) is 36.4 Å². The Morgan fingerprint density at radius 1 is 1.56 bits per heavy atom. The molecule has 1 aliphatic rings. The van der Waals surface area contributed by atoms with E-state index in [-0.39, 0.29) is 6.04 Å². The lowest BCUT2D eigenvalue weighted by Crippen LogP contribution is -2.38. The number of nitrogens with zero attached hydrogens (tertiary/aromatic N) is 3. The molecule has 0 bridgehead atoms. The van der Waals surface area contributed by atoms with E-state index in [1.165, 1.54) is 0 Å². The van der Waals surface area contributed by atoms with Crippen LogP contribution in [-0.2, 0) is 0 Å². The van der Waals surface area contributed by atoms with Crippen LogP contribution in [0.1, 0.15) is 18.9 Å². The first-order chi connectivity index (χ1) is 12.0. The van der Waals surface area contributed by atoms with Gasteiger partial charge in [0, 0.05) is 30.4 Å². The maximum absolute atomic E-state index is 13.9. The van der Waals surface area contributed by atoms with Crippen molar-refractivity contribution in [1.29, 1.82) is 5.26 Å². The molecule has 1 aromatic rings. The number of benzene rings is 1. The van der Waals surface area contributed by atoms with E-state index in [0.717, 1.165) is 25.2 Å². The van der Waals surface area contributed by atoms with Gasteiger partial charge in [-0.3, -0.25) is 0 Å². The summed E-state index contributed by atoms with van der Waals surface area (Å²) in [4.78, 5) is 4.40. The summed E-state index contributed by atoms with van der Waals surface area (Å²) in [6.45, 7) is 7.65. The number of rotatable bonds is 6. The Morgan fingerprint density at radius 2 is 2.32 bits per heavy atom. The molecule has 0 aliphatic carbocycles. The third kappa shape index (κ3) is 4.94. The van der Waals surface area contributed by atoms with Crippen LogP contribution in [0, 0.1) is 11.3 Å². The van der Waals surface area contributed by atoms with Crippen molar-refractivity contribution in [3.63, 3.8) is 0 Å². The molecular weight excluding hydrogens is 337 g/mol. The SMILES string of the molecule is C=C(F)/C(=C\C=C/C)CN(c1ccc(C#N)c(Cl)c1)[C@H]1CCN(C)C1. The molecule has 0 spiro atoms. The van der Waals surface area contributed by atoms with Crippen molar-refractivity contribution in [2.24, 2.45) is 0 Å². The van der Waals surface area contributed by atoms with Crippen molar-refractivity contribution < 1.29 is 4.39 Å². The molecule has 0 saturated carbocycles. The van der Waals surface area contributed by atoms with Gasteiger partial charge in [-0.25, -0.2) is 4.39 Å². The Morgan fingerprint density at radius 3 is 2.84 bits per heavy atom. The van der Waals surface area contributed by atoms with E-state index >= 15 is 0 Å². The molecule has 0 radical (unpaired) electrons. The van der Waals surface area contributed by atoms with Gasteiger partial charge in [0.15, 0.2) is 0 Å². The molecule has 3 nitrogen and oxygen atoms in total. The molecule has 1 heterocycles. The van der Waals surface area contributed by atoms with Gasteiger partial charge in [0.05, 0.1) is 10.6 Å². The molecule has 0 aromatic heterocycles. The summed E-state index contributed by atoms with van der Waals surface area (Å²) >= 11 is 6.21. The zero-order chi connectivity index (χ0) is 18.4. The standard InChI is InChI=1S/C20H23ClFN3/c1-4-5-6-17(15(2)22)13-25(19-9-10-24(3)14-19)18-8-7-16(12-23)20(21)11-18/h4-8,11,19H,2,9-10,13-14H2,1,3H3/b5-4-,17-6-/t19-/m0/s1. The number of hydrogen-bond donors (Lipinski definition) is 0. The summed E-state index contributed by atoms with van der Waals surface area (Å²) in [6, 6.07) is 7.69. The fourth-order valence-electron chi connectivity index (χ4n) is 3.00. The Kier molecular flexibility index (Phi) is 6.81. The highest BCUT2D eigenvalue weighted by Crippen LogP contribution is 2.29. The second-order valence-electron chi connectivity index (χ2n) is 6.23. The molecule has 0 N–H and O–H groups in total. The lowest BCUT2D eigenvalue weighted by Gasteiger charge is -2.32. The topological polar surface area (TPSA) is 30.3 Å². The van der Waals surface area contributed by atoms with Crippen LogP contribution in [0.15, 0.2) is 54.4 Å². The molecule has 25 heavy (non-hydrogen) atoms. The lowest BCUT2D eigenvalue weighted by atomic mass is 10.1. The fraction of sp³-hybridized carbons (Fsp3) is 0.350. The van der Waals surface area contributed by atoms with E-state index in [0.29, 0.717) is 22.7 Å². The predicted molar refractivity (Wildman–Crippen MR) is 103 cm³/mol. The minimum absolute atomic E-state index is 0.252. The van der Waals surface area contributed by atoms with Crippen LogP contribution in [0.3, 0.4) is 0 Å². The third-order valence-electron chi connectivity index (χ3n) is 4.39. The second kappa shape index (κ2) is 8.84. The molecular formula is C20H23ClFN3. The molecule has 2 rings (SSSR count). The molecule has 0 amide bonds. The van der Waals surface area contributed by atoms with Crippen LogP contribution in [-0.4, -0.2) is 37.6 Å². The van der Waals surface area contributed by atoms with Gasteiger partial charge in [-0.05, 0) is 45.1 Å². The monoisotopic (exact) mass is 359 g/mol. The van der Waals surface area contributed by atoms with Gasteiger partial charge >= 0.3 is 0 Å². The maximum atomic E-state index is 13.9. The molecule has 1 fully saturated rings. The Labute approximate surface area is 154 Å². The first kappa shape index (κ1) is 19.2. The van der Waals surface area contributed by atoms with Gasteiger partial charge in [0.1, 0.15) is 11.9 Å². The van der Waals surface area contributed by atoms with E-state index in [1.807, 2.05) is 25.1 Å². The molecule has 1 aromatic carbocycles. The van der Waals surface area contributed by atoms with Crippen molar-refractivity contribution >= 4 is 17.3 Å². The minimum atomic E-state index is -0.436. The van der Waals surface area contributed by atoms with Crippen LogP contribution in [0.25, 0.3) is 0 Å². The smallest absolute Gasteiger partial charge is 0.121 e. The molecule has 0 unspecified atom stereocenters. The average Bonchev–Trinajstić information content (AvgIpc) is 3.00. The molecule has 1 saturated heterocycles. The maximum Gasteiger partial charge on any atom is 0.121 e. The van der Waals surface area contributed by atoms with Crippen LogP contribution in [0.5, 0.6) is 0 Å². The summed E-state index contributed by atoms with van der Waals surface area (Å²) < 4.78 is 13.9. The number of hydrogen-bond acceptors (Lipinski definition) is 3. The van der Waals surface area contributed by atoms with Crippen LogP contribution in [0.2, 0.25) is 5.02 Å². The Hall–Kier alpha value is -2.09. The first-order valence-electron chi connectivity index (χ1n) is 8.27. The third-order valence-corrected chi connectivity index (χ3v) is 4.70. The van der Waals surface area contributed by atoms with Crippen LogP contribution >= 0.6 is 11.6 Å². The largest absolute Gasteiger partial charge is 0.363 e. The van der Waals surface area contributed by atoms with Gasteiger partial charge in [-0.2, -0.15) is 5.26 Å². The van der Waals surface area contributed by atoms with Crippen LogP contribution < -0.4 is 4.90 Å². The first-order valence-corrected chi connectivity index (χ1v) is 8.65. The zero-order valence-corrected chi connectivity index (χ0v) is 15.4. The lowest BCUT2D eigenvalue weighted by molar-refractivity contribution is 0.408. The fourth-order valence-corrected chi connectivity index (χ4v) is 3.21. The number of nitriles is 1. The van der Waals surface area contributed by atoms with Crippen molar-refractivity contribution in [2.75, 3.05) is 31.6 Å². The highest BCUT2D eigenvalue weighted by Gasteiger charge is 2.27. The summed E-state index contributed by atoms with van der Waals surface area (Å²) in [5.74, 6) is -0.436. The van der Waals surface area contributed by atoms with Gasteiger partial charge in [-0.15, -0.1) is 0 Å². The molecule has 5 heteroatoms. The number of allylic oxidation sites excluding steroid dienone is 3. The van der Waals surface area contributed by atoms with Gasteiger partial charge < -0.3 is 9.80 Å². The van der Waals surface area contributed by atoms with Crippen molar-refractivity contribution in [1.82, 2.24) is 4.90 Å². The van der Waals surface area contributed by atoms with Crippen molar-refractivity contribution in [3.8, 4) is 6.07 Å². The van der Waals surface area contributed by atoms with E-state index in [4.69, 9.17) is 16.9 Å². The highest BCUT2D eigenvalue weighted by atomic mass is 35.5. The number of likely N-dealkylation sites (tertiary alicyclic amines) is 1. The quantitative estimate of drug-likeness (QED) is 0.689. The van der Waals surface area contributed by atoms with Crippen LogP contribution in [0.4, 0.5) is 10.1 Å². The molecule has 1 atom stereocenters. The second-order valence-corrected chi connectivity index (χ2v) is 6.64. The number of halogens is 2. The normalized spacial score (nSPS) is 18.5. The van der Waals surface area contributed by atoms with E-state index in [1.54, 1.807) is 18.2 Å². The predicted octanol–water partition coefficient (Wildman–Crippen LogP) is 4.71. The minimum Gasteiger partial charge on any atom is -0.363 e. The van der Waals surface area contributed by atoms with E-state index in [2.05, 4.69) is 29.5 Å². The Balaban J connectivity index is 2.38. The van der Waals surface area contributed by atoms with Crippen molar-refractivity contribution in [3.05, 3.63) is 65.0 Å².